The van der Waals surface area contributed by atoms with Gasteiger partial charge in [-0.25, -0.2) is 4.39 Å². The zero-order chi connectivity index (χ0) is 17.4. The van der Waals surface area contributed by atoms with Gasteiger partial charge in [0.25, 0.3) is 0 Å². The van der Waals surface area contributed by atoms with E-state index in [0.29, 0.717) is 6.54 Å². The summed E-state index contributed by atoms with van der Waals surface area (Å²) in [7, 11) is 0. The van der Waals surface area contributed by atoms with E-state index < -0.39 is 17.6 Å². The molecular weight excluding hydrogens is 297 g/mol. The highest BCUT2D eigenvalue weighted by molar-refractivity contribution is 6.39. The normalized spacial score (nSPS) is 10.3. The highest BCUT2D eigenvalue weighted by Gasteiger charge is 2.24. The fourth-order valence-electron chi connectivity index (χ4n) is 2.15. The van der Waals surface area contributed by atoms with E-state index in [1.807, 2.05) is 13.8 Å². The van der Waals surface area contributed by atoms with Gasteiger partial charge in [0.2, 0.25) is 0 Å². The number of nitriles is 1. The van der Waals surface area contributed by atoms with Gasteiger partial charge in [0.05, 0.1) is 11.3 Å². The largest absolute Gasteiger partial charge is 0.332 e. The van der Waals surface area contributed by atoms with Crippen LogP contribution < -0.4 is 5.32 Å². The van der Waals surface area contributed by atoms with Crippen LogP contribution in [-0.2, 0) is 9.59 Å². The van der Waals surface area contributed by atoms with Crippen LogP contribution in [0.3, 0.4) is 0 Å². The first-order valence-corrected chi connectivity index (χ1v) is 7.72. The lowest BCUT2D eigenvalue weighted by molar-refractivity contribution is -0.144. The Kier molecular flexibility index (Phi) is 7.20. The third-order valence-electron chi connectivity index (χ3n) is 3.43. The van der Waals surface area contributed by atoms with Gasteiger partial charge in [-0.05, 0) is 38.5 Å². The Morgan fingerprint density at radius 3 is 2.61 bits per heavy atom. The molecule has 1 rings (SSSR count). The first-order chi connectivity index (χ1) is 10.9. The number of halogens is 1. The third-order valence-corrected chi connectivity index (χ3v) is 3.43. The highest BCUT2D eigenvalue weighted by atomic mass is 19.1. The number of carbonyl (C=O) groups is 2. The van der Waals surface area contributed by atoms with Gasteiger partial charge in [0.1, 0.15) is 11.9 Å². The first-order valence-electron chi connectivity index (χ1n) is 7.72. The molecule has 0 atom stereocenters. The highest BCUT2D eigenvalue weighted by Crippen LogP contribution is 2.16. The summed E-state index contributed by atoms with van der Waals surface area (Å²) in [6, 6.07) is 5.11. The van der Waals surface area contributed by atoms with Crippen molar-refractivity contribution in [3.05, 3.63) is 29.6 Å². The summed E-state index contributed by atoms with van der Waals surface area (Å²) >= 11 is 0. The lowest BCUT2D eigenvalue weighted by Crippen LogP contribution is -2.44. The van der Waals surface area contributed by atoms with Crippen molar-refractivity contribution in [2.75, 3.05) is 11.9 Å². The van der Waals surface area contributed by atoms with Gasteiger partial charge in [-0.15, -0.1) is 0 Å². The van der Waals surface area contributed by atoms with E-state index in [1.165, 1.54) is 11.0 Å². The molecule has 0 aromatic heterocycles. The Hall–Kier alpha value is -2.42. The molecule has 0 aliphatic carbocycles. The molecule has 124 valence electrons. The number of rotatable bonds is 6. The van der Waals surface area contributed by atoms with Crippen LogP contribution in [0, 0.1) is 17.1 Å². The maximum Gasteiger partial charge on any atom is 0.313 e. The maximum atomic E-state index is 13.1. The van der Waals surface area contributed by atoms with Crippen LogP contribution in [0.25, 0.3) is 0 Å². The summed E-state index contributed by atoms with van der Waals surface area (Å²) in [4.78, 5) is 25.9. The van der Waals surface area contributed by atoms with E-state index >= 15 is 0 Å². The Labute approximate surface area is 136 Å². The van der Waals surface area contributed by atoms with Crippen molar-refractivity contribution >= 4 is 17.5 Å². The summed E-state index contributed by atoms with van der Waals surface area (Å²) in [5, 5.41) is 11.4. The predicted molar refractivity (Wildman–Crippen MR) is 86.1 cm³/mol. The first kappa shape index (κ1) is 18.6. The molecule has 5 nitrogen and oxygen atoms in total. The molecule has 0 aliphatic rings. The monoisotopic (exact) mass is 319 g/mol. The lowest BCUT2D eigenvalue weighted by Gasteiger charge is -2.26. The van der Waals surface area contributed by atoms with Gasteiger partial charge >= 0.3 is 11.8 Å². The molecule has 1 aromatic rings. The fourth-order valence-corrected chi connectivity index (χ4v) is 2.15. The molecule has 0 fully saturated rings. The molecule has 1 aromatic carbocycles. The van der Waals surface area contributed by atoms with Crippen LogP contribution in [-0.4, -0.2) is 29.3 Å². The number of anilines is 1. The number of hydrogen-bond donors (Lipinski definition) is 1. The number of nitrogens with zero attached hydrogens (tertiary/aromatic N) is 2. The minimum absolute atomic E-state index is 0.0202. The van der Waals surface area contributed by atoms with Gasteiger partial charge in [-0.1, -0.05) is 19.8 Å². The Morgan fingerprint density at radius 2 is 2.04 bits per heavy atom. The molecule has 0 saturated heterocycles. The van der Waals surface area contributed by atoms with E-state index in [2.05, 4.69) is 12.2 Å². The molecule has 0 spiro atoms. The second kappa shape index (κ2) is 8.89. The summed E-state index contributed by atoms with van der Waals surface area (Å²) in [6.45, 7) is 6.25. The van der Waals surface area contributed by atoms with Crippen molar-refractivity contribution in [2.24, 2.45) is 0 Å². The van der Waals surface area contributed by atoms with Crippen molar-refractivity contribution in [1.29, 1.82) is 5.26 Å². The molecule has 2 amide bonds. The topological polar surface area (TPSA) is 73.2 Å². The fraction of sp³-hybridized carbons (Fsp3) is 0.471. The Bertz CT molecular complexity index is 608. The van der Waals surface area contributed by atoms with E-state index in [9.17, 15) is 14.0 Å². The molecule has 23 heavy (non-hydrogen) atoms. The SMILES string of the molecule is CCCCCN(C(=O)C(=O)Nc1ccc(F)cc1C#N)C(C)C. The lowest BCUT2D eigenvalue weighted by atomic mass is 10.2. The molecule has 0 bridgehead atoms. The van der Waals surface area contributed by atoms with Crippen LogP contribution in [0.1, 0.15) is 45.6 Å². The average molecular weight is 319 g/mol. The van der Waals surface area contributed by atoms with Crippen molar-refractivity contribution in [3.63, 3.8) is 0 Å². The minimum atomic E-state index is -0.821. The number of nitrogens with one attached hydrogen (secondary N) is 1. The van der Waals surface area contributed by atoms with E-state index in [4.69, 9.17) is 5.26 Å². The quantitative estimate of drug-likeness (QED) is 0.647. The maximum absolute atomic E-state index is 13.1. The summed E-state index contributed by atoms with van der Waals surface area (Å²) < 4.78 is 13.1. The second-order valence-corrected chi connectivity index (χ2v) is 5.56. The molecule has 0 radical (unpaired) electrons. The second-order valence-electron chi connectivity index (χ2n) is 5.56. The predicted octanol–water partition coefficient (Wildman–Crippen LogP) is 3.06. The van der Waals surface area contributed by atoms with E-state index in [0.717, 1.165) is 31.4 Å². The molecular formula is C17H22FN3O2. The zero-order valence-corrected chi connectivity index (χ0v) is 13.7. The Morgan fingerprint density at radius 1 is 1.35 bits per heavy atom. The molecule has 1 N–H and O–H groups in total. The smallest absolute Gasteiger partial charge is 0.313 e. The van der Waals surface area contributed by atoms with Gasteiger partial charge in [0.15, 0.2) is 0 Å². The third kappa shape index (κ3) is 5.37. The van der Waals surface area contributed by atoms with Crippen LogP contribution in [0.2, 0.25) is 0 Å². The van der Waals surface area contributed by atoms with Crippen LogP contribution in [0.15, 0.2) is 18.2 Å². The summed E-state index contributed by atoms with van der Waals surface area (Å²) in [6.07, 6.45) is 2.83. The van der Waals surface area contributed by atoms with Crippen molar-refractivity contribution in [1.82, 2.24) is 4.90 Å². The minimum Gasteiger partial charge on any atom is -0.332 e. The number of carbonyl (C=O) groups excluding carboxylic acids is 2. The van der Waals surface area contributed by atoms with Gasteiger partial charge in [0, 0.05) is 12.6 Å². The van der Waals surface area contributed by atoms with Crippen molar-refractivity contribution in [2.45, 2.75) is 46.1 Å². The molecule has 0 aliphatic heterocycles. The molecule has 6 heteroatoms. The van der Waals surface area contributed by atoms with Gasteiger partial charge < -0.3 is 10.2 Å². The Balaban J connectivity index is 2.83. The van der Waals surface area contributed by atoms with Gasteiger partial charge in [-0.2, -0.15) is 5.26 Å². The molecule has 0 unspecified atom stereocenters. The van der Waals surface area contributed by atoms with E-state index in [-0.39, 0.29) is 17.3 Å². The van der Waals surface area contributed by atoms with Crippen LogP contribution >= 0.6 is 0 Å². The van der Waals surface area contributed by atoms with Gasteiger partial charge in [-0.3, -0.25) is 9.59 Å². The zero-order valence-electron chi connectivity index (χ0n) is 13.7. The standard InChI is InChI=1S/C17H22FN3O2/c1-4-5-6-9-21(12(2)3)17(23)16(22)20-15-8-7-14(18)10-13(15)11-19/h7-8,10,12H,4-6,9H2,1-3H3,(H,20,22). The molecule has 0 heterocycles. The number of amides is 2. The number of hydrogen-bond acceptors (Lipinski definition) is 3. The summed E-state index contributed by atoms with van der Waals surface area (Å²) in [5.41, 5.74) is 0.109. The van der Waals surface area contributed by atoms with E-state index in [1.54, 1.807) is 6.07 Å². The molecule has 0 saturated carbocycles. The van der Waals surface area contributed by atoms with Crippen LogP contribution in [0.4, 0.5) is 10.1 Å². The van der Waals surface area contributed by atoms with Crippen molar-refractivity contribution in [3.8, 4) is 6.07 Å². The number of benzene rings is 1. The van der Waals surface area contributed by atoms with Crippen LogP contribution in [0.5, 0.6) is 0 Å². The average Bonchev–Trinajstić information content (AvgIpc) is 2.52. The number of unbranched alkanes of at least 4 members (excludes halogenated alkanes) is 2. The van der Waals surface area contributed by atoms with Crippen molar-refractivity contribution < 1.29 is 14.0 Å². The summed E-state index contributed by atoms with van der Waals surface area (Å²) in [5.74, 6) is -2.04.